The van der Waals surface area contributed by atoms with Crippen LogP contribution in [-0.4, -0.2) is 5.01 Å². The van der Waals surface area contributed by atoms with E-state index in [2.05, 4.69) is 40.1 Å². The van der Waals surface area contributed by atoms with E-state index in [-0.39, 0.29) is 12.3 Å². The average molecular weight is 401 g/mol. The molecule has 5 rings (SSSR count). The van der Waals surface area contributed by atoms with Gasteiger partial charge in [0.15, 0.2) is 6.23 Å². The number of thiophene rings is 1. The summed E-state index contributed by atoms with van der Waals surface area (Å²) in [5.74, 6) is 0.871. The van der Waals surface area contributed by atoms with Crippen LogP contribution < -0.4 is 10.2 Å². The second kappa shape index (κ2) is 6.32. The van der Waals surface area contributed by atoms with Gasteiger partial charge in [-0.1, -0.05) is 53.5 Å². The van der Waals surface area contributed by atoms with Crippen molar-refractivity contribution < 1.29 is 4.74 Å². The van der Waals surface area contributed by atoms with Crippen LogP contribution in [0.25, 0.3) is 5.70 Å². The van der Waals surface area contributed by atoms with E-state index in [1.807, 2.05) is 30.3 Å². The van der Waals surface area contributed by atoms with Gasteiger partial charge in [0.2, 0.25) is 0 Å². The van der Waals surface area contributed by atoms with Gasteiger partial charge < -0.3 is 10.2 Å². The van der Waals surface area contributed by atoms with E-state index < -0.39 is 0 Å². The molecule has 0 spiro atoms. The summed E-state index contributed by atoms with van der Waals surface area (Å²) in [6, 6.07) is 17.9. The Labute approximate surface area is 165 Å². The van der Waals surface area contributed by atoms with Crippen LogP contribution in [0, 0.1) is 0 Å². The normalized spacial score (nSPS) is 21.4. The Morgan fingerprint density at radius 3 is 2.69 bits per heavy atom. The van der Waals surface area contributed by atoms with Crippen LogP contribution >= 0.6 is 34.5 Å². The molecule has 3 heterocycles. The maximum absolute atomic E-state index is 6.48. The van der Waals surface area contributed by atoms with Crippen molar-refractivity contribution >= 4 is 40.2 Å². The summed E-state index contributed by atoms with van der Waals surface area (Å²) in [7, 11) is 0. The third-order valence-corrected chi connectivity index (χ3v) is 6.08. The average Bonchev–Trinajstić information content (AvgIpc) is 3.31. The number of benzene rings is 2. The molecule has 0 saturated carbocycles. The molecule has 0 amide bonds. The van der Waals surface area contributed by atoms with Gasteiger partial charge in [0.1, 0.15) is 5.75 Å². The van der Waals surface area contributed by atoms with Crippen LogP contribution in [0.5, 0.6) is 5.75 Å². The maximum atomic E-state index is 6.48. The molecule has 0 saturated heterocycles. The molecule has 130 valence electrons. The van der Waals surface area contributed by atoms with Gasteiger partial charge in [0.05, 0.1) is 21.6 Å². The summed E-state index contributed by atoms with van der Waals surface area (Å²) < 4.78 is 6.32. The molecule has 0 bridgehead atoms. The zero-order valence-electron chi connectivity index (χ0n) is 13.5. The van der Waals surface area contributed by atoms with Gasteiger partial charge in [0.25, 0.3) is 0 Å². The SMILES string of the molecule is Clc1ccc([C@H]2Oc3ccccc3[C@@H]3C=C(c4cccs4)NN23)c(Cl)c1. The lowest BCUT2D eigenvalue weighted by Crippen LogP contribution is -2.43. The highest BCUT2D eigenvalue weighted by Gasteiger charge is 2.40. The summed E-state index contributed by atoms with van der Waals surface area (Å²) in [4.78, 5) is 1.19. The molecule has 2 aliphatic rings. The van der Waals surface area contributed by atoms with Crippen molar-refractivity contribution in [1.82, 2.24) is 10.4 Å². The predicted octanol–water partition coefficient (Wildman–Crippen LogP) is 6.05. The molecule has 2 aliphatic heterocycles. The van der Waals surface area contributed by atoms with E-state index >= 15 is 0 Å². The smallest absolute Gasteiger partial charge is 0.197 e. The summed E-state index contributed by atoms with van der Waals surface area (Å²) in [5, 5.41) is 5.38. The summed E-state index contributed by atoms with van der Waals surface area (Å²) in [5.41, 5.74) is 6.61. The molecule has 2 atom stereocenters. The lowest BCUT2D eigenvalue weighted by Gasteiger charge is -2.39. The Kier molecular flexibility index (Phi) is 3.94. The minimum absolute atomic E-state index is 0.0637. The Bertz CT molecular complexity index is 1000. The summed E-state index contributed by atoms with van der Waals surface area (Å²) >= 11 is 14.3. The number of hydrogen-bond acceptors (Lipinski definition) is 4. The number of nitrogens with one attached hydrogen (secondary N) is 1. The Balaban J connectivity index is 1.61. The Morgan fingerprint density at radius 1 is 1.00 bits per heavy atom. The fourth-order valence-electron chi connectivity index (χ4n) is 3.42. The molecule has 26 heavy (non-hydrogen) atoms. The van der Waals surface area contributed by atoms with Crippen molar-refractivity contribution in [3.8, 4) is 5.75 Å². The fourth-order valence-corrected chi connectivity index (χ4v) is 4.62. The quantitative estimate of drug-likeness (QED) is 0.566. The molecular formula is C20H14Cl2N2OS. The number of hydrazine groups is 1. The van der Waals surface area contributed by atoms with Crippen molar-refractivity contribution in [2.75, 3.05) is 0 Å². The molecule has 3 aromatic rings. The Hall–Kier alpha value is -1.98. The second-order valence-electron chi connectivity index (χ2n) is 6.20. The molecule has 1 N–H and O–H groups in total. The van der Waals surface area contributed by atoms with Gasteiger partial charge in [-0.3, -0.25) is 0 Å². The zero-order valence-corrected chi connectivity index (χ0v) is 15.9. The molecule has 1 aromatic heterocycles. The van der Waals surface area contributed by atoms with Crippen LogP contribution in [0.2, 0.25) is 10.0 Å². The molecule has 3 nitrogen and oxygen atoms in total. The third kappa shape index (κ3) is 2.61. The van der Waals surface area contributed by atoms with E-state index in [4.69, 9.17) is 27.9 Å². The predicted molar refractivity (Wildman–Crippen MR) is 106 cm³/mol. The highest BCUT2D eigenvalue weighted by Crippen LogP contribution is 2.47. The van der Waals surface area contributed by atoms with E-state index in [1.165, 1.54) is 4.88 Å². The minimum atomic E-state index is -0.353. The summed E-state index contributed by atoms with van der Waals surface area (Å²) in [6.45, 7) is 0. The van der Waals surface area contributed by atoms with Gasteiger partial charge in [-0.25, -0.2) is 0 Å². The fraction of sp³-hybridized carbons (Fsp3) is 0.100. The highest BCUT2D eigenvalue weighted by atomic mass is 35.5. The van der Waals surface area contributed by atoms with Gasteiger partial charge in [-0.15, -0.1) is 11.3 Å². The molecule has 0 aliphatic carbocycles. The van der Waals surface area contributed by atoms with Gasteiger partial charge in [-0.2, -0.15) is 5.01 Å². The topological polar surface area (TPSA) is 24.5 Å². The first-order valence-corrected chi connectivity index (χ1v) is 9.85. The van der Waals surface area contributed by atoms with Crippen LogP contribution in [-0.2, 0) is 0 Å². The largest absolute Gasteiger partial charge is 0.469 e. The van der Waals surface area contributed by atoms with E-state index in [9.17, 15) is 0 Å². The van der Waals surface area contributed by atoms with E-state index in [0.717, 1.165) is 22.6 Å². The number of nitrogens with zero attached hydrogens (tertiary/aromatic N) is 1. The van der Waals surface area contributed by atoms with Crippen molar-refractivity contribution in [3.05, 3.63) is 92.1 Å². The monoisotopic (exact) mass is 400 g/mol. The van der Waals surface area contributed by atoms with Crippen LogP contribution in [0.4, 0.5) is 0 Å². The van der Waals surface area contributed by atoms with Crippen LogP contribution in [0.1, 0.15) is 28.3 Å². The number of halogens is 2. The van der Waals surface area contributed by atoms with Gasteiger partial charge in [0, 0.05) is 16.1 Å². The van der Waals surface area contributed by atoms with Gasteiger partial charge in [-0.05, 0) is 35.7 Å². The number of rotatable bonds is 2. The maximum Gasteiger partial charge on any atom is 0.197 e. The number of hydrogen-bond donors (Lipinski definition) is 1. The van der Waals surface area contributed by atoms with Crippen LogP contribution in [0.3, 0.4) is 0 Å². The molecule has 0 fully saturated rings. The lowest BCUT2D eigenvalue weighted by atomic mass is 10.0. The first-order chi connectivity index (χ1) is 12.7. The van der Waals surface area contributed by atoms with Gasteiger partial charge >= 0.3 is 0 Å². The third-order valence-electron chi connectivity index (χ3n) is 4.62. The standard InChI is InChI=1S/C20H14Cl2N2OS/c21-12-7-8-13(15(22)10-12)20-24-17(14-4-1-2-5-18(14)25-20)11-16(23-24)19-6-3-9-26-19/h1-11,17,20,23H/t17-,20+/m0/s1. The highest BCUT2D eigenvalue weighted by molar-refractivity contribution is 7.11. The van der Waals surface area contributed by atoms with Crippen molar-refractivity contribution in [2.24, 2.45) is 0 Å². The number of fused-ring (bicyclic) bond motifs is 3. The van der Waals surface area contributed by atoms with Crippen molar-refractivity contribution in [2.45, 2.75) is 12.3 Å². The number of para-hydroxylation sites is 1. The lowest BCUT2D eigenvalue weighted by molar-refractivity contribution is -0.0325. The first kappa shape index (κ1) is 16.2. The van der Waals surface area contributed by atoms with Crippen molar-refractivity contribution in [1.29, 1.82) is 0 Å². The van der Waals surface area contributed by atoms with E-state index in [1.54, 1.807) is 17.4 Å². The van der Waals surface area contributed by atoms with E-state index in [0.29, 0.717) is 10.0 Å². The second-order valence-corrected chi connectivity index (χ2v) is 7.99. The van der Waals surface area contributed by atoms with Crippen molar-refractivity contribution in [3.63, 3.8) is 0 Å². The number of ether oxygens (including phenoxy) is 1. The molecule has 0 unspecified atom stereocenters. The zero-order chi connectivity index (χ0) is 17.7. The molecule has 6 heteroatoms. The molecule has 0 radical (unpaired) electrons. The minimum Gasteiger partial charge on any atom is -0.469 e. The Morgan fingerprint density at radius 2 is 1.88 bits per heavy atom. The molecular weight excluding hydrogens is 387 g/mol. The summed E-state index contributed by atoms with van der Waals surface area (Å²) in [6.07, 6.45) is 1.89. The first-order valence-electron chi connectivity index (χ1n) is 8.22. The van der Waals surface area contributed by atoms with Crippen LogP contribution in [0.15, 0.2) is 66.1 Å². The molecule has 2 aromatic carbocycles.